The maximum atomic E-state index is 12.4. The molecule has 2 aliphatic carbocycles. The summed E-state index contributed by atoms with van der Waals surface area (Å²) in [6.07, 6.45) is -13.0. The lowest BCUT2D eigenvalue weighted by atomic mass is 9.61. The molecule has 2 aliphatic rings. The van der Waals surface area contributed by atoms with Gasteiger partial charge < -0.3 is 10.5 Å². The third kappa shape index (κ3) is 2.56. The van der Waals surface area contributed by atoms with Gasteiger partial charge in [-0.25, -0.2) is 0 Å². The maximum Gasteiger partial charge on any atom is 0.423 e. The molecule has 0 heterocycles. The van der Waals surface area contributed by atoms with E-state index in [0.29, 0.717) is 12.8 Å². The summed E-state index contributed by atoms with van der Waals surface area (Å²) in [5.41, 5.74) is 5.07. The Morgan fingerprint density at radius 3 is 1.84 bits per heavy atom. The van der Waals surface area contributed by atoms with Gasteiger partial charge in [0.2, 0.25) is 6.10 Å². The highest BCUT2D eigenvalue weighted by molar-refractivity contribution is 5.09. The summed E-state index contributed by atoms with van der Waals surface area (Å²) in [7, 11) is 0. The number of nitrogens with two attached hydrogens (primary N) is 1. The van der Waals surface area contributed by atoms with Crippen molar-refractivity contribution < 1.29 is 31.1 Å². The molecule has 0 aliphatic heterocycles. The van der Waals surface area contributed by atoms with Crippen LogP contribution >= 0.6 is 0 Å². The average molecular weight is 291 g/mol. The van der Waals surface area contributed by atoms with Crippen molar-refractivity contribution in [3.05, 3.63) is 0 Å². The fourth-order valence-electron chi connectivity index (χ4n) is 3.20. The van der Waals surface area contributed by atoms with Crippen LogP contribution in [-0.2, 0) is 4.74 Å². The molecule has 0 amide bonds. The van der Waals surface area contributed by atoms with E-state index in [-0.39, 0.29) is 12.5 Å². The van der Waals surface area contributed by atoms with Crippen LogP contribution in [0.15, 0.2) is 0 Å². The molecular weight excluding hydrogens is 276 g/mol. The van der Waals surface area contributed by atoms with Crippen LogP contribution in [0.5, 0.6) is 0 Å². The van der Waals surface area contributed by atoms with Gasteiger partial charge in [0.15, 0.2) is 0 Å². The Hall–Kier alpha value is -0.500. The molecule has 0 bridgehead atoms. The highest BCUT2D eigenvalue weighted by Gasteiger charge is 2.63. The highest BCUT2D eigenvalue weighted by atomic mass is 19.4. The van der Waals surface area contributed by atoms with Gasteiger partial charge in [-0.1, -0.05) is 12.8 Å². The molecule has 0 aromatic rings. The van der Waals surface area contributed by atoms with Crippen LogP contribution in [0.4, 0.5) is 26.3 Å². The van der Waals surface area contributed by atoms with Crippen molar-refractivity contribution in [1.82, 2.24) is 0 Å². The van der Waals surface area contributed by atoms with E-state index in [1.165, 1.54) is 0 Å². The van der Waals surface area contributed by atoms with Gasteiger partial charge in [0.25, 0.3) is 0 Å². The first-order chi connectivity index (χ1) is 8.57. The van der Waals surface area contributed by atoms with Crippen LogP contribution in [0.25, 0.3) is 0 Å². The molecule has 2 unspecified atom stereocenters. The Kier molecular flexibility index (Phi) is 3.54. The Morgan fingerprint density at radius 1 is 1.00 bits per heavy atom. The predicted molar refractivity (Wildman–Crippen MR) is 54.3 cm³/mol. The molecule has 1 spiro atoms. The molecule has 2 rings (SSSR count). The first kappa shape index (κ1) is 14.9. The summed E-state index contributed by atoms with van der Waals surface area (Å²) in [5.74, 6) is 0. The fraction of sp³-hybridized carbons (Fsp3) is 1.00. The van der Waals surface area contributed by atoms with Crippen molar-refractivity contribution >= 4 is 0 Å². The second-order valence-electron chi connectivity index (χ2n) is 5.37. The first-order valence-electron chi connectivity index (χ1n) is 6.12. The van der Waals surface area contributed by atoms with E-state index >= 15 is 0 Å². The van der Waals surface area contributed by atoms with Crippen molar-refractivity contribution in [1.29, 1.82) is 0 Å². The number of hydrogen-bond donors (Lipinski definition) is 1. The molecule has 2 atom stereocenters. The topological polar surface area (TPSA) is 35.2 Å². The van der Waals surface area contributed by atoms with E-state index in [0.717, 1.165) is 12.8 Å². The quantitative estimate of drug-likeness (QED) is 0.793. The second kappa shape index (κ2) is 4.51. The Morgan fingerprint density at radius 2 is 1.47 bits per heavy atom. The van der Waals surface area contributed by atoms with Crippen LogP contribution in [-0.4, -0.2) is 30.6 Å². The average Bonchev–Trinajstić information content (AvgIpc) is 2.71. The van der Waals surface area contributed by atoms with Crippen molar-refractivity contribution in [2.24, 2.45) is 11.1 Å². The molecule has 2 saturated carbocycles. The summed E-state index contributed by atoms with van der Waals surface area (Å²) < 4.78 is 79.0. The molecule has 2 N–H and O–H groups in total. The van der Waals surface area contributed by atoms with Crippen molar-refractivity contribution in [2.75, 3.05) is 0 Å². The minimum Gasteiger partial charge on any atom is -0.357 e. The largest absolute Gasteiger partial charge is 0.423 e. The first-order valence-corrected chi connectivity index (χ1v) is 6.12. The number of ether oxygens (including phenoxy) is 1. The standard InChI is InChI=1S/C11H15F6NO/c12-10(13,14)8(11(15,16)17)19-7-5-6(18)9(7)3-1-2-4-9/h6-8H,1-5,18H2. The lowest BCUT2D eigenvalue weighted by Gasteiger charge is -2.53. The van der Waals surface area contributed by atoms with Gasteiger partial charge in [-0.2, -0.15) is 26.3 Å². The minimum absolute atomic E-state index is 0.0582. The normalized spacial score (nSPS) is 30.9. The van der Waals surface area contributed by atoms with E-state index in [9.17, 15) is 26.3 Å². The number of hydrogen-bond acceptors (Lipinski definition) is 2. The predicted octanol–water partition coefficient (Wildman–Crippen LogP) is 3.16. The summed E-state index contributed by atoms with van der Waals surface area (Å²) in [5, 5.41) is 0. The molecule has 0 aromatic carbocycles. The SMILES string of the molecule is NC1CC(OC(C(F)(F)F)C(F)(F)F)C12CCCC2. The summed E-state index contributed by atoms with van der Waals surface area (Å²) in [6.45, 7) is 0. The van der Waals surface area contributed by atoms with E-state index < -0.39 is 30.0 Å². The monoisotopic (exact) mass is 291 g/mol. The fourth-order valence-corrected chi connectivity index (χ4v) is 3.20. The molecular formula is C11H15F6NO. The maximum absolute atomic E-state index is 12.4. The lowest BCUT2D eigenvalue weighted by Crippen LogP contribution is -2.63. The van der Waals surface area contributed by atoms with Gasteiger partial charge in [0, 0.05) is 11.5 Å². The van der Waals surface area contributed by atoms with Crippen molar-refractivity contribution in [3.63, 3.8) is 0 Å². The van der Waals surface area contributed by atoms with Crippen LogP contribution < -0.4 is 5.73 Å². The third-order valence-electron chi connectivity index (χ3n) is 4.28. The third-order valence-corrected chi connectivity index (χ3v) is 4.28. The van der Waals surface area contributed by atoms with Gasteiger partial charge in [-0.15, -0.1) is 0 Å². The Labute approximate surface area is 106 Å². The number of alkyl halides is 6. The molecule has 112 valence electrons. The molecule has 2 fully saturated rings. The van der Waals surface area contributed by atoms with E-state index in [4.69, 9.17) is 5.73 Å². The van der Waals surface area contributed by atoms with Gasteiger partial charge in [0.05, 0.1) is 6.10 Å². The van der Waals surface area contributed by atoms with Crippen LogP contribution in [0.1, 0.15) is 32.1 Å². The van der Waals surface area contributed by atoms with E-state index in [1.54, 1.807) is 0 Å². The zero-order chi connectivity index (χ0) is 14.5. The number of rotatable bonds is 2. The van der Waals surface area contributed by atoms with E-state index in [1.807, 2.05) is 0 Å². The van der Waals surface area contributed by atoms with Crippen molar-refractivity contribution in [3.8, 4) is 0 Å². The lowest BCUT2D eigenvalue weighted by molar-refractivity contribution is -0.347. The molecule has 0 saturated heterocycles. The van der Waals surface area contributed by atoms with Gasteiger partial charge >= 0.3 is 12.4 Å². The number of halogens is 6. The van der Waals surface area contributed by atoms with Crippen LogP contribution in [0, 0.1) is 5.41 Å². The Balaban J connectivity index is 2.11. The smallest absolute Gasteiger partial charge is 0.357 e. The van der Waals surface area contributed by atoms with Crippen molar-refractivity contribution in [2.45, 2.75) is 62.7 Å². The molecule has 19 heavy (non-hydrogen) atoms. The molecule has 8 heteroatoms. The van der Waals surface area contributed by atoms with Crippen LogP contribution in [0.3, 0.4) is 0 Å². The van der Waals surface area contributed by atoms with E-state index in [2.05, 4.69) is 4.74 Å². The highest BCUT2D eigenvalue weighted by Crippen LogP contribution is 2.55. The summed E-state index contributed by atoms with van der Waals surface area (Å²) >= 11 is 0. The van der Waals surface area contributed by atoms with Crippen LogP contribution in [0.2, 0.25) is 0 Å². The second-order valence-corrected chi connectivity index (χ2v) is 5.37. The molecule has 0 radical (unpaired) electrons. The Bertz CT molecular complexity index is 319. The van der Waals surface area contributed by atoms with Gasteiger partial charge in [-0.05, 0) is 19.3 Å². The molecule has 2 nitrogen and oxygen atoms in total. The van der Waals surface area contributed by atoms with Gasteiger partial charge in [0.1, 0.15) is 0 Å². The zero-order valence-corrected chi connectivity index (χ0v) is 10.0. The molecule has 0 aromatic heterocycles. The summed E-state index contributed by atoms with van der Waals surface area (Å²) in [4.78, 5) is 0. The zero-order valence-electron chi connectivity index (χ0n) is 10.0. The summed E-state index contributed by atoms with van der Waals surface area (Å²) in [6, 6.07) is -0.359. The van der Waals surface area contributed by atoms with Gasteiger partial charge in [-0.3, -0.25) is 0 Å². The minimum atomic E-state index is -5.45.